The first-order valence-electron chi connectivity index (χ1n) is 8.10. The van der Waals surface area contributed by atoms with Gasteiger partial charge in [0.15, 0.2) is 0 Å². The molecular weight excluding hydrogens is 262 g/mol. The Kier molecular flexibility index (Phi) is 5.21. The fraction of sp³-hybridized carbons (Fsp3) is 0.647. The second-order valence-electron chi connectivity index (χ2n) is 6.25. The van der Waals surface area contributed by atoms with E-state index < -0.39 is 0 Å². The van der Waals surface area contributed by atoms with Crippen LogP contribution in [0, 0.1) is 0 Å². The van der Waals surface area contributed by atoms with Gasteiger partial charge in [-0.3, -0.25) is 4.98 Å². The highest BCUT2D eigenvalue weighted by Gasteiger charge is 2.42. The highest BCUT2D eigenvalue weighted by molar-refractivity contribution is 5.74. The summed E-state index contributed by atoms with van der Waals surface area (Å²) >= 11 is 0. The van der Waals surface area contributed by atoms with Gasteiger partial charge in [0, 0.05) is 12.4 Å². The maximum Gasteiger partial charge on any atom is 0.315 e. The normalized spacial score (nSPS) is 20.6. The number of unbranched alkanes of at least 4 members (excludes halogenated alkanes) is 5. The minimum absolute atomic E-state index is 0.269. The Morgan fingerprint density at radius 3 is 2.76 bits per heavy atom. The topological polar surface area (TPSA) is 59.2 Å². The summed E-state index contributed by atoms with van der Waals surface area (Å²) in [6.07, 6.45) is 12.2. The number of amides is 2. The zero-order chi connectivity index (χ0) is 15.3. The van der Waals surface area contributed by atoms with Gasteiger partial charge in [0.25, 0.3) is 0 Å². The van der Waals surface area contributed by atoms with Gasteiger partial charge in [0.2, 0.25) is 0 Å². The largest absolute Gasteiger partial charge is 0.351 e. The number of carbonyl (C=O) groups excluding carboxylic acids is 1. The van der Waals surface area contributed by atoms with Gasteiger partial charge in [-0.1, -0.05) is 45.4 Å². The molecule has 1 unspecified atom stereocenters. The predicted octanol–water partition coefficient (Wildman–Crippen LogP) is 3.94. The average molecular weight is 289 g/mol. The van der Waals surface area contributed by atoms with Crippen molar-refractivity contribution in [2.45, 2.75) is 70.9 Å². The maximum absolute atomic E-state index is 11.8. The maximum atomic E-state index is 11.8. The Hall–Kier alpha value is -1.58. The van der Waals surface area contributed by atoms with E-state index in [0.29, 0.717) is 6.54 Å². The molecule has 1 aromatic rings. The summed E-state index contributed by atoms with van der Waals surface area (Å²) in [6.45, 7) is 4.95. The van der Waals surface area contributed by atoms with Crippen LogP contribution in [0.1, 0.15) is 69.9 Å². The van der Waals surface area contributed by atoms with Crippen molar-refractivity contribution in [3.8, 4) is 0 Å². The standard InChI is InChI=1S/C17H27N3O/c1-3-4-5-6-7-8-10-17(2)15-9-11-19-12-14(15)13-20(17)16(18)21/h9,11-12H,3-8,10,13H2,1-2H3,(H2,18,21). The molecule has 0 radical (unpaired) electrons. The molecule has 0 spiro atoms. The zero-order valence-corrected chi connectivity index (χ0v) is 13.3. The Morgan fingerprint density at radius 1 is 1.33 bits per heavy atom. The third-order valence-corrected chi connectivity index (χ3v) is 4.69. The van der Waals surface area contributed by atoms with E-state index in [9.17, 15) is 4.79 Å². The number of nitrogens with two attached hydrogens (primary N) is 1. The molecule has 0 bridgehead atoms. The average Bonchev–Trinajstić information content (AvgIpc) is 2.77. The van der Waals surface area contributed by atoms with Crippen LogP contribution in [-0.4, -0.2) is 15.9 Å². The molecule has 2 amide bonds. The Morgan fingerprint density at radius 2 is 2.05 bits per heavy atom. The first-order chi connectivity index (χ1) is 10.1. The number of nitrogens with zero attached hydrogens (tertiary/aromatic N) is 2. The number of rotatable bonds is 7. The molecule has 1 aromatic heterocycles. The third-order valence-electron chi connectivity index (χ3n) is 4.69. The van der Waals surface area contributed by atoms with Crippen LogP contribution in [0.5, 0.6) is 0 Å². The molecular formula is C17H27N3O. The van der Waals surface area contributed by atoms with Crippen LogP contribution < -0.4 is 5.73 Å². The van der Waals surface area contributed by atoms with Crippen molar-refractivity contribution < 1.29 is 4.79 Å². The summed E-state index contributed by atoms with van der Waals surface area (Å²) < 4.78 is 0. The molecule has 0 saturated carbocycles. The molecule has 21 heavy (non-hydrogen) atoms. The van der Waals surface area contributed by atoms with E-state index in [2.05, 4.69) is 18.8 Å². The van der Waals surface area contributed by atoms with Gasteiger partial charge >= 0.3 is 6.03 Å². The van der Waals surface area contributed by atoms with E-state index in [0.717, 1.165) is 18.4 Å². The summed E-state index contributed by atoms with van der Waals surface area (Å²) in [5.41, 5.74) is 7.66. The van der Waals surface area contributed by atoms with Crippen LogP contribution in [0.2, 0.25) is 0 Å². The van der Waals surface area contributed by atoms with Crippen molar-refractivity contribution in [3.63, 3.8) is 0 Å². The molecule has 0 fully saturated rings. The zero-order valence-electron chi connectivity index (χ0n) is 13.3. The summed E-state index contributed by atoms with van der Waals surface area (Å²) in [5, 5.41) is 0. The van der Waals surface area contributed by atoms with E-state index in [-0.39, 0.29) is 11.6 Å². The summed E-state index contributed by atoms with van der Waals surface area (Å²) in [5.74, 6) is 0. The monoisotopic (exact) mass is 289 g/mol. The molecule has 1 aliphatic rings. The SMILES string of the molecule is CCCCCCCCC1(C)c2ccncc2CN1C(N)=O. The molecule has 0 aromatic carbocycles. The highest BCUT2D eigenvalue weighted by atomic mass is 16.2. The molecule has 0 aliphatic carbocycles. The Labute approximate surface area is 127 Å². The van der Waals surface area contributed by atoms with Gasteiger partial charge in [0.1, 0.15) is 0 Å². The van der Waals surface area contributed by atoms with Crippen molar-refractivity contribution in [3.05, 3.63) is 29.6 Å². The number of hydrogen-bond donors (Lipinski definition) is 1. The summed E-state index contributed by atoms with van der Waals surface area (Å²) in [6, 6.07) is 1.70. The van der Waals surface area contributed by atoms with Crippen molar-refractivity contribution >= 4 is 6.03 Å². The quantitative estimate of drug-likeness (QED) is 0.773. The molecule has 2 N–H and O–H groups in total. The lowest BCUT2D eigenvalue weighted by Crippen LogP contribution is -2.45. The van der Waals surface area contributed by atoms with Gasteiger partial charge in [-0.05, 0) is 30.5 Å². The fourth-order valence-corrected chi connectivity index (χ4v) is 3.41. The van der Waals surface area contributed by atoms with Gasteiger partial charge in [0.05, 0.1) is 12.1 Å². The number of hydrogen-bond acceptors (Lipinski definition) is 2. The Balaban J connectivity index is 2.01. The van der Waals surface area contributed by atoms with Crippen molar-refractivity contribution in [2.75, 3.05) is 0 Å². The van der Waals surface area contributed by atoms with Gasteiger partial charge in [-0.25, -0.2) is 4.79 Å². The van der Waals surface area contributed by atoms with Crippen LogP contribution in [0.3, 0.4) is 0 Å². The third kappa shape index (κ3) is 3.36. The first-order valence-corrected chi connectivity index (χ1v) is 8.10. The van der Waals surface area contributed by atoms with Gasteiger partial charge in [-0.2, -0.15) is 0 Å². The molecule has 116 valence electrons. The van der Waals surface area contributed by atoms with Crippen molar-refractivity contribution in [1.82, 2.24) is 9.88 Å². The molecule has 4 nitrogen and oxygen atoms in total. The smallest absolute Gasteiger partial charge is 0.315 e. The first kappa shape index (κ1) is 15.8. The van der Waals surface area contributed by atoms with E-state index >= 15 is 0 Å². The lowest BCUT2D eigenvalue weighted by molar-refractivity contribution is 0.132. The van der Waals surface area contributed by atoms with Crippen LogP contribution in [0.25, 0.3) is 0 Å². The number of urea groups is 1. The number of aromatic nitrogens is 1. The van der Waals surface area contributed by atoms with Crippen molar-refractivity contribution in [2.24, 2.45) is 5.73 Å². The number of carbonyl (C=O) groups is 1. The fourth-order valence-electron chi connectivity index (χ4n) is 3.41. The second-order valence-corrected chi connectivity index (χ2v) is 6.25. The summed E-state index contributed by atoms with van der Waals surface area (Å²) in [7, 11) is 0. The van der Waals surface area contributed by atoms with Crippen molar-refractivity contribution in [1.29, 1.82) is 0 Å². The Bertz CT molecular complexity index is 489. The molecule has 2 heterocycles. The van der Waals surface area contributed by atoms with Gasteiger partial charge < -0.3 is 10.6 Å². The lowest BCUT2D eigenvalue weighted by atomic mass is 9.87. The molecule has 1 atom stereocenters. The minimum Gasteiger partial charge on any atom is -0.351 e. The van der Waals surface area contributed by atoms with E-state index in [1.54, 1.807) is 4.90 Å². The second kappa shape index (κ2) is 6.92. The molecule has 4 heteroatoms. The van der Waals surface area contributed by atoms with E-state index in [4.69, 9.17) is 5.73 Å². The lowest BCUT2D eigenvalue weighted by Gasteiger charge is -2.35. The van der Waals surface area contributed by atoms with Crippen LogP contribution in [-0.2, 0) is 12.1 Å². The minimum atomic E-state index is -0.334. The van der Waals surface area contributed by atoms with E-state index in [1.165, 1.54) is 37.7 Å². The van der Waals surface area contributed by atoms with E-state index in [1.807, 2.05) is 18.5 Å². The van der Waals surface area contributed by atoms with Crippen LogP contribution in [0.15, 0.2) is 18.5 Å². The van der Waals surface area contributed by atoms with Crippen LogP contribution >= 0.6 is 0 Å². The summed E-state index contributed by atoms with van der Waals surface area (Å²) in [4.78, 5) is 17.8. The molecule has 1 aliphatic heterocycles. The molecule has 2 rings (SSSR count). The predicted molar refractivity (Wildman–Crippen MR) is 84.7 cm³/mol. The van der Waals surface area contributed by atoms with Crippen LogP contribution in [0.4, 0.5) is 4.79 Å². The number of fused-ring (bicyclic) bond motifs is 1. The molecule has 0 saturated heterocycles. The number of pyridine rings is 1. The number of primary amides is 1. The highest BCUT2D eigenvalue weighted by Crippen LogP contribution is 2.42. The van der Waals surface area contributed by atoms with Gasteiger partial charge in [-0.15, -0.1) is 0 Å².